The summed E-state index contributed by atoms with van der Waals surface area (Å²) in [6.07, 6.45) is 3.29. The quantitative estimate of drug-likeness (QED) is 0.486. The van der Waals surface area contributed by atoms with Gasteiger partial charge in [-0.05, 0) is 35.9 Å². The van der Waals surface area contributed by atoms with Gasteiger partial charge in [0.05, 0.1) is 6.54 Å². The number of nitrogens with zero attached hydrogens (tertiary/aromatic N) is 6. The number of ether oxygens (including phenoxy) is 1. The van der Waals surface area contributed by atoms with Gasteiger partial charge >= 0.3 is 5.69 Å². The lowest BCUT2D eigenvalue weighted by Gasteiger charge is -2.11. The van der Waals surface area contributed by atoms with E-state index in [2.05, 4.69) is 20.2 Å². The molecule has 0 aliphatic rings. The minimum atomic E-state index is -0.531. The van der Waals surface area contributed by atoms with E-state index in [1.54, 1.807) is 42.7 Å². The Morgan fingerprint density at radius 1 is 1.10 bits per heavy atom. The van der Waals surface area contributed by atoms with Crippen molar-refractivity contribution < 1.29 is 4.74 Å². The van der Waals surface area contributed by atoms with Crippen molar-refractivity contribution in [3.63, 3.8) is 0 Å². The summed E-state index contributed by atoms with van der Waals surface area (Å²) >= 11 is 0. The number of fused-ring (bicyclic) bond motifs is 1. The molecule has 0 atom stereocenters. The molecule has 0 amide bonds. The molecule has 2 N–H and O–H groups in total. The van der Waals surface area contributed by atoms with Gasteiger partial charge in [0, 0.05) is 31.5 Å². The second-order valence-electron chi connectivity index (χ2n) is 6.56. The van der Waals surface area contributed by atoms with E-state index in [9.17, 15) is 9.59 Å². The van der Waals surface area contributed by atoms with Crippen molar-refractivity contribution >= 4 is 11.2 Å². The molecule has 0 spiro atoms. The molecule has 0 unspecified atom stereocenters. The smallest absolute Gasteiger partial charge is 0.332 e. The van der Waals surface area contributed by atoms with Crippen molar-refractivity contribution in [1.82, 2.24) is 29.3 Å². The molecule has 152 valence electrons. The van der Waals surface area contributed by atoms with Gasteiger partial charge in [0.25, 0.3) is 5.56 Å². The Kier molecular flexibility index (Phi) is 5.31. The topological polar surface area (TPSA) is 131 Å². The van der Waals surface area contributed by atoms with Crippen LogP contribution in [0.1, 0.15) is 5.56 Å². The van der Waals surface area contributed by atoms with Gasteiger partial charge in [0.1, 0.15) is 12.4 Å². The Morgan fingerprint density at radius 3 is 2.60 bits per heavy atom. The maximum Gasteiger partial charge on any atom is 0.332 e. The van der Waals surface area contributed by atoms with Crippen molar-refractivity contribution in [2.75, 3.05) is 13.2 Å². The average Bonchev–Trinajstić information content (AvgIpc) is 2.80. The number of hydrogen-bond donors (Lipinski definition) is 1. The SMILES string of the molecule is Cn1c(=O)c2nc(-c3ccc(OCCN)cc3)nnc2n(Cc2cccnc2)c1=O. The molecule has 3 heterocycles. The summed E-state index contributed by atoms with van der Waals surface area (Å²) in [7, 11) is 1.41. The second-order valence-corrected chi connectivity index (χ2v) is 6.56. The molecule has 0 saturated carbocycles. The van der Waals surface area contributed by atoms with Crippen molar-refractivity contribution in [2.24, 2.45) is 12.8 Å². The maximum atomic E-state index is 12.7. The van der Waals surface area contributed by atoms with E-state index in [4.69, 9.17) is 10.5 Å². The van der Waals surface area contributed by atoms with E-state index in [1.165, 1.54) is 11.6 Å². The van der Waals surface area contributed by atoms with E-state index in [0.29, 0.717) is 24.5 Å². The van der Waals surface area contributed by atoms with Crippen molar-refractivity contribution in [3.8, 4) is 17.1 Å². The van der Waals surface area contributed by atoms with Crippen LogP contribution in [0.15, 0.2) is 58.4 Å². The fourth-order valence-corrected chi connectivity index (χ4v) is 2.98. The van der Waals surface area contributed by atoms with E-state index < -0.39 is 11.2 Å². The van der Waals surface area contributed by atoms with E-state index in [0.717, 1.165) is 10.1 Å². The Hall–Kier alpha value is -3.92. The summed E-state index contributed by atoms with van der Waals surface area (Å²) in [6.45, 7) is 1.03. The van der Waals surface area contributed by atoms with Crippen LogP contribution in [-0.2, 0) is 13.6 Å². The molecule has 1 aromatic carbocycles. The standard InChI is InChI=1S/C20H19N7O3/c1-26-19(28)16-18(27(20(26)29)12-13-3-2-9-22-11-13)25-24-17(23-16)14-4-6-15(7-5-14)30-10-8-21/h2-7,9,11H,8,10,12,21H2,1H3. The molecular formula is C20H19N7O3. The minimum Gasteiger partial charge on any atom is -0.492 e. The Balaban J connectivity index is 1.79. The van der Waals surface area contributed by atoms with Crippen LogP contribution < -0.4 is 21.7 Å². The molecule has 0 fully saturated rings. The van der Waals surface area contributed by atoms with Gasteiger partial charge in [-0.15, -0.1) is 10.2 Å². The van der Waals surface area contributed by atoms with Gasteiger partial charge in [-0.1, -0.05) is 6.07 Å². The Morgan fingerprint density at radius 2 is 1.90 bits per heavy atom. The highest BCUT2D eigenvalue weighted by Gasteiger charge is 2.16. The van der Waals surface area contributed by atoms with Gasteiger partial charge in [-0.2, -0.15) is 0 Å². The predicted octanol–water partition coefficient (Wildman–Crippen LogP) is 0.333. The molecule has 0 aliphatic carbocycles. The summed E-state index contributed by atoms with van der Waals surface area (Å²) in [5.74, 6) is 0.940. The first-order chi connectivity index (χ1) is 14.6. The molecule has 4 aromatic rings. The minimum absolute atomic E-state index is 0.0643. The normalized spacial score (nSPS) is 11.0. The molecule has 0 saturated heterocycles. The zero-order valence-corrected chi connectivity index (χ0v) is 16.2. The summed E-state index contributed by atoms with van der Waals surface area (Å²) < 4.78 is 7.84. The van der Waals surface area contributed by atoms with Crippen molar-refractivity contribution in [2.45, 2.75) is 6.54 Å². The number of rotatable bonds is 6. The van der Waals surface area contributed by atoms with Crippen LogP contribution in [0.2, 0.25) is 0 Å². The lowest BCUT2D eigenvalue weighted by Crippen LogP contribution is -2.39. The zero-order valence-electron chi connectivity index (χ0n) is 16.2. The van der Waals surface area contributed by atoms with Crippen molar-refractivity contribution in [3.05, 3.63) is 75.2 Å². The molecule has 4 rings (SSSR count). The Labute approximate surface area is 170 Å². The van der Waals surface area contributed by atoms with Crippen LogP contribution in [-0.4, -0.2) is 42.5 Å². The number of hydrogen-bond acceptors (Lipinski definition) is 8. The van der Waals surface area contributed by atoms with Gasteiger partial charge in [0.2, 0.25) is 0 Å². The third-order valence-corrected chi connectivity index (χ3v) is 4.51. The lowest BCUT2D eigenvalue weighted by molar-refractivity contribution is 0.328. The summed E-state index contributed by atoms with van der Waals surface area (Å²) in [5, 5.41) is 8.30. The van der Waals surface area contributed by atoms with Gasteiger partial charge < -0.3 is 10.5 Å². The maximum absolute atomic E-state index is 12.7. The highest BCUT2D eigenvalue weighted by atomic mass is 16.5. The van der Waals surface area contributed by atoms with Crippen LogP contribution in [0.3, 0.4) is 0 Å². The fraction of sp³-hybridized carbons (Fsp3) is 0.200. The average molecular weight is 405 g/mol. The van der Waals surface area contributed by atoms with Gasteiger partial charge in [-0.3, -0.25) is 18.9 Å². The number of nitrogens with two attached hydrogens (primary N) is 1. The Bertz CT molecular complexity index is 1300. The van der Waals surface area contributed by atoms with Crippen LogP contribution >= 0.6 is 0 Å². The van der Waals surface area contributed by atoms with Gasteiger partial charge in [0.15, 0.2) is 17.0 Å². The first-order valence-electron chi connectivity index (χ1n) is 9.25. The lowest BCUT2D eigenvalue weighted by atomic mass is 10.2. The number of pyridine rings is 1. The van der Waals surface area contributed by atoms with E-state index in [-0.39, 0.29) is 23.5 Å². The van der Waals surface area contributed by atoms with Crippen LogP contribution in [0.4, 0.5) is 0 Å². The molecule has 0 aliphatic heterocycles. The molecule has 10 heteroatoms. The molecule has 0 radical (unpaired) electrons. The third kappa shape index (κ3) is 3.67. The molecule has 30 heavy (non-hydrogen) atoms. The fourth-order valence-electron chi connectivity index (χ4n) is 2.98. The van der Waals surface area contributed by atoms with Gasteiger partial charge in [-0.25, -0.2) is 9.78 Å². The summed E-state index contributed by atoms with van der Waals surface area (Å²) in [5.41, 5.74) is 6.05. The first-order valence-corrected chi connectivity index (χ1v) is 9.25. The molecule has 3 aromatic heterocycles. The predicted molar refractivity (Wildman–Crippen MR) is 110 cm³/mol. The monoisotopic (exact) mass is 405 g/mol. The highest BCUT2D eigenvalue weighted by molar-refractivity contribution is 5.71. The number of benzene rings is 1. The van der Waals surface area contributed by atoms with E-state index in [1.807, 2.05) is 6.07 Å². The summed E-state index contributed by atoms with van der Waals surface area (Å²) in [6, 6.07) is 10.7. The van der Waals surface area contributed by atoms with Crippen molar-refractivity contribution in [1.29, 1.82) is 0 Å². The van der Waals surface area contributed by atoms with Crippen LogP contribution in [0.25, 0.3) is 22.6 Å². The second kappa shape index (κ2) is 8.21. The molecular weight excluding hydrogens is 386 g/mol. The largest absolute Gasteiger partial charge is 0.492 e. The van der Waals surface area contributed by atoms with Crippen LogP contribution in [0.5, 0.6) is 5.75 Å². The third-order valence-electron chi connectivity index (χ3n) is 4.51. The molecule has 0 bridgehead atoms. The molecule has 10 nitrogen and oxygen atoms in total. The highest BCUT2D eigenvalue weighted by Crippen LogP contribution is 2.19. The summed E-state index contributed by atoms with van der Waals surface area (Å²) in [4.78, 5) is 33.8. The zero-order chi connectivity index (χ0) is 21.1. The van der Waals surface area contributed by atoms with E-state index >= 15 is 0 Å². The van der Waals surface area contributed by atoms with Crippen LogP contribution in [0, 0.1) is 0 Å². The number of aromatic nitrogens is 6. The first kappa shape index (κ1) is 19.4.